The van der Waals surface area contributed by atoms with Gasteiger partial charge in [-0.25, -0.2) is 0 Å². The van der Waals surface area contributed by atoms with Gasteiger partial charge >= 0.3 is 0 Å². The van der Waals surface area contributed by atoms with E-state index in [0.717, 1.165) is 44.4 Å². The first kappa shape index (κ1) is 14.0. The molecule has 2 heterocycles. The van der Waals surface area contributed by atoms with Crippen molar-refractivity contribution in [3.05, 3.63) is 11.9 Å². The summed E-state index contributed by atoms with van der Waals surface area (Å²) in [4.78, 5) is 2.38. The van der Waals surface area contributed by atoms with Crippen LogP contribution in [0, 0.1) is 0 Å². The highest BCUT2D eigenvalue weighted by atomic mass is 16.5. The van der Waals surface area contributed by atoms with Crippen molar-refractivity contribution in [1.82, 2.24) is 25.2 Å². The monoisotopic (exact) mass is 279 g/mol. The molecule has 6 heteroatoms. The number of nitrogens with zero attached hydrogens (tertiary/aromatic N) is 4. The molecule has 1 saturated carbocycles. The Morgan fingerprint density at radius 2 is 2.30 bits per heavy atom. The number of likely N-dealkylation sites (N-methyl/N-ethyl adjacent to an activating group) is 1. The average Bonchev–Trinajstić information content (AvgIpc) is 2.99. The fraction of sp³-hybridized carbons (Fsp3) is 0.857. The van der Waals surface area contributed by atoms with E-state index in [-0.39, 0.29) is 0 Å². The lowest BCUT2D eigenvalue weighted by Gasteiger charge is -2.26. The van der Waals surface area contributed by atoms with Crippen LogP contribution >= 0.6 is 0 Å². The molecule has 1 N–H and O–H groups in total. The second kappa shape index (κ2) is 6.20. The highest BCUT2D eigenvalue weighted by Gasteiger charge is 2.27. The Morgan fingerprint density at radius 3 is 3.00 bits per heavy atom. The molecule has 3 rings (SSSR count). The first-order valence-electron chi connectivity index (χ1n) is 7.66. The number of hydrogen-bond acceptors (Lipinski definition) is 5. The van der Waals surface area contributed by atoms with Crippen LogP contribution in [0.3, 0.4) is 0 Å². The predicted octanol–water partition coefficient (Wildman–Crippen LogP) is 0.639. The summed E-state index contributed by atoms with van der Waals surface area (Å²) in [5, 5.41) is 11.9. The molecule has 2 fully saturated rings. The number of nitrogens with one attached hydrogen (secondary N) is 1. The molecule has 1 saturated heterocycles. The maximum absolute atomic E-state index is 5.62. The van der Waals surface area contributed by atoms with Crippen LogP contribution in [0.5, 0.6) is 0 Å². The standard InChI is InChI=1S/C14H25N5O/c1-11-14(5-8-20-11)18(2)6-7-19-10-13(16-17-19)9-15-12-3-4-12/h10-12,14-15H,3-9H2,1-2H3. The van der Waals surface area contributed by atoms with Crippen LogP contribution in [0.2, 0.25) is 0 Å². The van der Waals surface area contributed by atoms with Gasteiger partial charge in [0.1, 0.15) is 0 Å². The van der Waals surface area contributed by atoms with E-state index in [0.29, 0.717) is 12.1 Å². The van der Waals surface area contributed by atoms with Gasteiger partial charge in [0, 0.05) is 38.0 Å². The number of rotatable bonds is 7. The second-order valence-corrected chi connectivity index (χ2v) is 6.04. The zero-order chi connectivity index (χ0) is 13.9. The molecular formula is C14H25N5O. The van der Waals surface area contributed by atoms with Crippen molar-refractivity contribution in [2.24, 2.45) is 0 Å². The van der Waals surface area contributed by atoms with Crippen molar-refractivity contribution < 1.29 is 4.74 Å². The normalized spacial score (nSPS) is 26.6. The molecule has 0 spiro atoms. The van der Waals surface area contributed by atoms with Gasteiger partial charge in [0.2, 0.25) is 0 Å². The van der Waals surface area contributed by atoms with Crippen LogP contribution < -0.4 is 5.32 Å². The molecular weight excluding hydrogens is 254 g/mol. The molecule has 20 heavy (non-hydrogen) atoms. The Labute approximate surface area is 120 Å². The van der Waals surface area contributed by atoms with E-state index >= 15 is 0 Å². The maximum Gasteiger partial charge on any atom is 0.0964 e. The van der Waals surface area contributed by atoms with Gasteiger partial charge < -0.3 is 10.1 Å². The Balaban J connectivity index is 1.43. The van der Waals surface area contributed by atoms with E-state index < -0.39 is 0 Å². The van der Waals surface area contributed by atoms with Gasteiger partial charge in [-0.3, -0.25) is 9.58 Å². The second-order valence-electron chi connectivity index (χ2n) is 6.04. The molecule has 1 aromatic rings. The molecule has 0 bridgehead atoms. The van der Waals surface area contributed by atoms with Crippen molar-refractivity contribution in [2.75, 3.05) is 20.2 Å². The van der Waals surface area contributed by atoms with Crippen molar-refractivity contribution in [2.45, 2.75) is 57.5 Å². The first-order chi connectivity index (χ1) is 9.72. The van der Waals surface area contributed by atoms with Crippen molar-refractivity contribution in [3.8, 4) is 0 Å². The SMILES string of the molecule is CC1OCCC1N(C)CCn1cc(CNC2CC2)nn1. The topological polar surface area (TPSA) is 55.2 Å². The third-order valence-corrected chi connectivity index (χ3v) is 4.32. The number of ether oxygens (including phenoxy) is 1. The zero-order valence-corrected chi connectivity index (χ0v) is 12.5. The van der Waals surface area contributed by atoms with E-state index in [9.17, 15) is 0 Å². The molecule has 112 valence electrons. The van der Waals surface area contributed by atoms with Crippen LogP contribution in [0.25, 0.3) is 0 Å². The lowest BCUT2D eigenvalue weighted by Crippen LogP contribution is -2.38. The quantitative estimate of drug-likeness (QED) is 0.794. The Kier molecular flexibility index (Phi) is 4.33. The minimum atomic E-state index is 0.342. The van der Waals surface area contributed by atoms with Gasteiger partial charge in [-0.15, -0.1) is 5.10 Å². The van der Waals surface area contributed by atoms with E-state index in [2.05, 4.69) is 40.7 Å². The molecule has 6 nitrogen and oxygen atoms in total. The number of aromatic nitrogens is 3. The summed E-state index contributed by atoms with van der Waals surface area (Å²) in [6, 6.07) is 1.25. The smallest absolute Gasteiger partial charge is 0.0964 e. The van der Waals surface area contributed by atoms with Crippen LogP contribution in [0.4, 0.5) is 0 Å². The summed E-state index contributed by atoms with van der Waals surface area (Å²) in [5.41, 5.74) is 1.04. The minimum absolute atomic E-state index is 0.342. The van der Waals surface area contributed by atoms with Crippen LogP contribution in [-0.4, -0.2) is 58.3 Å². The molecule has 1 aromatic heterocycles. The van der Waals surface area contributed by atoms with E-state index in [1.165, 1.54) is 12.8 Å². The molecule has 0 amide bonds. The summed E-state index contributed by atoms with van der Waals surface area (Å²) >= 11 is 0. The van der Waals surface area contributed by atoms with Crippen LogP contribution in [-0.2, 0) is 17.8 Å². The fourth-order valence-corrected chi connectivity index (χ4v) is 2.79. The third kappa shape index (κ3) is 3.56. The van der Waals surface area contributed by atoms with Crippen molar-refractivity contribution in [3.63, 3.8) is 0 Å². The largest absolute Gasteiger partial charge is 0.377 e. The summed E-state index contributed by atoms with van der Waals surface area (Å²) in [7, 11) is 2.17. The van der Waals surface area contributed by atoms with Crippen LogP contribution in [0.15, 0.2) is 6.20 Å². The van der Waals surface area contributed by atoms with E-state index in [1.54, 1.807) is 0 Å². The highest BCUT2D eigenvalue weighted by molar-refractivity contribution is 4.94. The maximum atomic E-state index is 5.62. The predicted molar refractivity (Wildman–Crippen MR) is 76.3 cm³/mol. The summed E-state index contributed by atoms with van der Waals surface area (Å²) in [6.07, 6.45) is 6.14. The summed E-state index contributed by atoms with van der Waals surface area (Å²) in [5.74, 6) is 0. The van der Waals surface area contributed by atoms with E-state index in [4.69, 9.17) is 4.74 Å². The fourth-order valence-electron chi connectivity index (χ4n) is 2.79. The molecule has 2 atom stereocenters. The van der Waals surface area contributed by atoms with Crippen LogP contribution in [0.1, 0.15) is 31.9 Å². The molecule has 0 aromatic carbocycles. The third-order valence-electron chi connectivity index (χ3n) is 4.32. The number of hydrogen-bond donors (Lipinski definition) is 1. The average molecular weight is 279 g/mol. The molecule has 2 unspecified atom stereocenters. The molecule has 2 aliphatic rings. The Morgan fingerprint density at radius 1 is 1.45 bits per heavy atom. The van der Waals surface area contributed by atoms with Gasteiger partial charge in [-0.05, 0) is 33.2 Å². The van der Waals surface area contributed by atoms with Gasteiger partial charge in [-0.1, -0.05) is 5.21 Å². The van der Waals surface area contributed by atoms with Gasteiger partial charge in [0.25, 0.3) is 0 Å². The molecule has 1 aliphatic carbocycles. The zero-order valence-electron chi connectivity index (χ0n) is 12.5. The Hall–Kier alpha value is -0.980. The van der Waals surface area contributed by atoms with Gasteiger partial charge in [0.05, 0.1) is 18.3 Å². The molecule has 1 aliphatic heterocycles. The summed E-state index contributed by atoms with van der Waals surface area (Å²) < 4.78 is 7.56. The molecule has 0 radical (unpaired) electrons. The minimum Gasteiger partial charge on any atom is -0.377 e. The summed E-state index contributed by atoms with van der Waals surface area (Å²) in [6.45, 7) is 5.75. The highest BCUT2D eigenvalue weighted by Crippen LogP contribution is 2.19. The lowest BCUT2D eigenvalue weighted by molar-refractivity contribution is 0.0822. The lowest BCUT2D eigenvalue weighted by atomic mass is 10.1. The van der Waals surface area contributed by atoms with Crippen molar-refractivity contribution in [1.29, 1.82) is 0 Å². The first-order valence-corrected chi connectivity index (χ1v) is 7.66. The van der Waals surface area contributed by atoms with Gasteiger partial charge in [-0.2, -0.15) is 0 Å². The van der Waals surface area contributed by atoms with E-state index in [1.807, 2.05) is 4.68 Å². The Bertz CT molecular complexity index is 431. The van der Waals surface area contributed by atoms with Crippen molar-refractivity contribution >= 4 is 0 Å². The van der Waals surface area contributed by atoms with Gasteiger partial charge in [0.15, 0.2) is 0 Å².